The SMILES string of the molecule is c1ccc(-c2ccc(-c3nc(-c4ccccc4)nc(-c4cccc5c4-c4cc(-c6ccc(-c7cccc(-c8ccccc8)c7)cc6)ccc4C54c5ccccc5-n5c6ccccc6c6cccc4c65)n3)cc2)cc1. The van der Waals surface area contributed by atoms with Crippen LogP contribution >= 0.6 is 0 Å². The highest BCUT2D eigenvalue weighted by Gasteiger charge is 2.51. The molecule has 0 fully saturated rings. The molecule has 0 amide bonds. The molecule has 1 atom stereocenters. The molecule has 0 saturated heterocycles. The fraction of sp³-hybridized carbons (Fsp3) is 0.0143. The van der Waals surface area contributed by atoms with E-state index in [1.807, 2.05) is 24.3 Å². The maximum atomic E-state index is 5.45. The van der Waals surface area contributed by atoms with E-state index < -0.39 is 5.41 Å². The van der Waals surface area contributed by atoms with Crippen LogP contribution in [0.3, 0.4) is 0 Å². The van der Waals surface area contributed by atoms with Crippen molar-refractivity contribution >= 4 is 21.8 Å². The van der Waals surface area contributed by atoms with E-state index in [9.17, 15) is 0 Å². The molecule has 4 heteroatoms. The predicted molar refractivity (Wildman–Crippen MR) is 303 cm³/mol. The molecule has 344 valence electrons. The molecular weight excluding hydrogens is 897 g/mol. The lowest BCUT2D eigenvalue weighted by atomic mass is 9.65. The van der Waals surface area contributed by atoms with Crippen LogP contribution in [-0.4, -0.2) is 19.5 Å². The molecule has 74 heavy (non-hydrogen) atoms. The Morgan fingerprint density at radius 1 is 0.270 bits per heavy atom. The molecule has 11 aromatic carbocycles. The first-order chi connectivity index (χ1) is 36.7. The number of hydrogen-bond acceptors (Lipinski definition) is 3. The van der Waals surface area contributed by atoms with Crippen LogP contribution in [0.2, 0.25) is 0 Å². The van der Waals surface area contributed by atoms with Crippen LogP contribution < -0.4 is 0 Å². The maximum absolute atomic E-state index is 5.45. The standard InChI is InChI=1S/C70H44N4/c1-4-17-45(18-5-1)47-37-39-51(40-38-47)68-71-67(50-21-8-3-9-22-50)72-69(73-68)57-27-16-29-61-65(57)58-44-54(49-35-33-48(34-36-49)53-24-14-23-52(43-53)46-19-6-2-7-20-46)41-42-59(58)70(61)60-28-11-13-32-64(60)74-63-31-12-10-25-55(63)56-26-15-30-62(70)66(56)74/h1-44H. The van der Waals surface area contributed by atoms with Gasteiger partial charge in [-0.05, 0) is 102 Å². The first-order valence-electron chi connectivity index (χ1n) is 25.3. The fourth-order valence-electron chi connectivity index (χ4n) is 12.2. The molecule has 1 aliphatic heterocycles. The normalized spacial score (nSPS) is 14.0. The lowest BCUT2D eigenvalue weighted by Crippen LogP contribution is -2.33. The maximum Gasteiger partial charge on any atom is 0.164 e. The molecule has 1 aliphatic carbocycles. The van der Waals surface area contributed by atoms with Gasteiger partial charge in [0.1, 0.15) is 0 Å². The van der Waals surface area contributed by atoms with Crippen molar-refractivity contribution in [1.82, 2.24) is 19.5 Å². The molecule has 0 N–H and O–H groups in total. The van der Waals surface area contributed by atoms with Crippen molar-refractivity contribution < 1.29 is 0 Å². The zero-order valence-electron chi connectivity index (χ0n) is 40.2. The molecule has 13 aromatic rings. The average Bonchev–Trinajstić information content (AvgIpc) is 4.00. The van der Waals surface area contributed by atoms with E-state index in [4.69, 9.17) is 15.0 Å². The Morgan fingerprint density at radius 2 is 0.716 bits per heavy atom. The zero-order chi connectivity index (χ0) is 48.7. The van der Waals surface area contributed by atoms with Gasteiger partial charge in [-0.1, -0.05) is 243 Å². The third kappa shape index (κ3) is 6.38. The van der Waals surface area contributed by atoms with E-state index in [0.29, 0.717) is 17.5 Å². The van der Waals surface area contributed by atoms with Gasteiger partial charge in [-0.3, -0.25) is 0 Å². The Morgan fingerprint density at radius 3 is 1.42 bits per heavy atom. The second kappa shape index (κ2) is 16.7. The first-order valence-corrected chi connectivity index (χ1v) is 25.3. The molecule has 2 aliphatic rings. The van der Waals surface area contributed by atoms with E-state index in [1.165, 1.54) is 77.6 Å². The molecule has 0 radical (unpaired) electrons. The average molecular weight is 941 g/mol. The van der Waals surface area contributed by atoms with Crippen LogP contribution in [0, 0.1) is 0 Å². The van der Waals surface area contributed by atoms with Crippen molar-refractivity contribution in [2.75, 3.05) is 0 Å². The van der Waals surface area contributed by atoms with Gasteiger partial charge in [0.15, 0.2) is 17.5 Å². The second-order valence-electron chi connectivity index (χ2n) is 19.4. The van der Waals surface area contributed by atoms with Crippen LogP contribution in [0.15, 0.2) is 267 Å². The Bertz CT molecular complexity index is 4330. The monoisotopic (exact) mass is 940 g/mol. The third-order valence-corrected chi connectivity index (χ3v) is 15.5. The lowest BCUT2D eigenvalue weighted by molar-refractivity contribution is 0.748. The molecule has 3 heterocycles. The Balaban J connectivity index is 0.962. The number of fused-ring (bicyclic) bond motifs is 12. The van der Waals surface area contributed by atoms with Crippen LogP contribution in [0.5, 0.6) is 0 Å². The van der Waals surface area contributed by atoms with E-state index in [0.717, 1.165) is 44.5 Å². The van der Waals surface area contributed by atoms with Crippen molar-refractivity contribution in [3.63, 3.8) is 0 Å². The second-order valence-corrected chi connectivity index (χ2v) is 19.4. The van der Waals surface area contributed by atoms with Crippen LogP contribution in [-0.2, 0) is 5.41 Å². The number of aromatic nitrogens is 4. The summed E-state index contributed by atoms with van der Waals surface area (Å²) in [6.07, 6.45) is 0. The number of benzene rings is 11. The Labute approximate surface area is 429 Å². The molecule has 1 spiro atoms. The highest BCUT2D eigenvalue weighted by atomic mass is 15.0. The zero-order valence-corrected chi connectivity index (χ0v) is 40.2. The summed E-state index contributed by atoms with van der Waals surface area (Å²) in [6, 6.07) is 96.6. The number of hydrogen-bond donors (Lipinski definition) is 0. The van der Waals surface area contributed by atoms with Crippen molar-refractivity contribution in [2.24, 2.45) is 0 Å². The summed E-state index contributed by atoms with van der Waals surface area (Å²) in [5.41, 5.74) is 22.4. The topological polar surface area (TPSA) is 43.6 Å². The highest BCUT2D eigenvalue weighted by molar-refractivity contribution is 6.13. The minimum atomic E-state index is -0.668. The number of para-hydroxylation sites is 3. The third-order valence-electron chi connectivity index (χ3n) is 15.5. The van der Waals surface area contributed by atoms with Gasteiger partial charge >= 0.3 is 0 Å². The summed E-state index contributed by atoms with van der Waals surface area (Å²) >= 11 is 0. The summed E-state index contributed by atoms with van der Waals surface area (Å²) < 4.78 is 2.50. The summed E-state index contributed by atoms with van der Waals surface area (Å²) in [5.74, 6) is 1.88. The molecule has 1 unspecified atom stereocenters. The van der Waals surface area contributed by atoms with Gasteiger partial charge in [-0.25, -0.2) is 15.0 Å². The van der Waals surface area contributed by atoms with Gasteiger partial charge in [0, 0.05) is 27.5 Å². The molecule has 4 nitrogen and oxygen atoms in total. The van der Waals surface area contributed by atoms with Crippen molar-refractivity contribution in [2.45, 2.75) is 5.41 Å². The van der Waals surface area contributed by atoms with E-state index in [-0.39, 0.29) is 0 Å². The molecule has 0 bridgehead atoms. The Hall–Kier alpha value is -9.77. The van der Waals surface area contributed by atoms with Crippen LogP contribution in [0.25, 0.3) is 117 Å². The van der Waals surface area contributed by atoms with Crippen molar-refractivity contribution in [3.8, 4) is 95.5 Å². The quantitative estimate of drug-likeness (QED) is 0.160. The smallest absolute Gasteiger partial charge is 0.164 e. The number of rotatable bonds is 7. The summed E-state index contributed by atoms with van der Waals surface area (Å²) in [6.45, 7) is 0. The van der Waals surface area contributed by atoms with Gasteiger partial charge in [0.2, 0.25) is 0 Å². The van der Waals surface area contributed by atoms with Gasteiger partial charge in [-0.2, -0.15) is 0 Å². The lowest BCUT2D eigenvalue weighted by Gasteiger charge is -2.39. The van der Waals surface area contributed by atoms with Gasteiger partial charge < -0.3 is 4.57 Å². The molecule has 0 saturated carbocycles. The van der Waals surface area contributed by atoms with Gasteiger partial charge in [0.25, 0.3) is 0 Å². The van der Waals surface area contributed by atoms with Crippen LogP contribution in [0.1, 0.15) is 22.3 Å². The largest absolute Gasteiger partial charge is 0.309 e. The number of nitrogens with zero attached hydrogens (tertiary/aromatic N) is 4. The van der Waals surface area contributed by atoms with E-state index in [2.05, 4.69) is 247 Å². The minimum Gasteiger partial charge on any atom is -0.309 e. The summed E-state index contributed by atoms with van der Waals surface area (Å²) in [7, 11) is 0. The summed E-state index contributed by atoms with van der Waals surface area (Å²) in [5, 5.41) is 2.49. The van der Waals surface area contributed by atoms with Crippen molar-refractivity contribution in [1.29, 1.82) is 0 Å². The minimum absolute atomic E-state index is 0.624. The molecular formula is C70H44N4. The van der Waals surface area contributed by atoms with Gasteiger partial charge in [0.05, 0.1) is 22.1 Å². The fourth-order valence-corrected chi connectivity index (χ4v) is 12.2. The highest BCUT2D eigenvalue weighted by Crippen LogP contribution is 2.62. The van der Waals surface area contributed by atoms with Gasteiger partial charge in [-0.15, -0.1) is 0 Å². The van der Waals surface area contributed by atoms with E-state index in [1.54, 1.807) is 0 Å². The predicted octanol–water partition coefficient (Wildman–Crippen LogP) is 17.3. The summed E-state index contributed by atoms with van der Waals surface area (Å²) in [4.78, 5) is 16.1. The first kappa shape index (κ1) is 42.0. The van der Waals surface area contributed by atoms with Crippen LogP contribution in [0.4, 0.5) is 0 Å². The molecule has 15 rings (SSSR count). The molecule has 2 aromatic heterocycles. The van der Waals surface area contributed by atoms with Crippen molar-refractivity contribution in [3.05, 3.63) is 289 Å². The Kier molecular flexibility index (Phi) is 9.45. The van der Waals surface area contributed by atoms with E-state index >= 15 is 0 Å².